The number of aliphatic hydroxyl groups excluding tert-OH is 1. The first kappa shape index (κ1) is 14.7. The van der Waals surface area contributed by atoms with Gasteiger partial charge >= 0.3 is 0 Å². The number of benzene rings is 1. The van der Waals surface area contributed by atoms with Crippen LogP contribution in [0.2, 0.25) is 5.02 Å². The van der Waals surface area contributed by atoms with Crippen molar-refractivity contribution in [2.24, 2.45) is 0 Å². The molecule has 19 heavy (non-hydrogen) atoms. The standard InChI is InChI=1S/C12H12ClFN2OS2/c1-7-12(18-2)15-11(16(7)19-14)10(17)8-4-3-5-9(13)6-8/h3-6,10,17H,1-2H3. The second-order valence-electron chi connectivity index (χ2n) is 3.89. The van der Waals surface area contributed by atoms with Crippen LogP contribution in [0.15, 0.2) is 29.3 Å². The molecule has 0 spiro atoms. The van der Waals surface area contributed by atoms with Gasteiger partial charge in [0.1, 0.15) is 11.1 Å². The lowest BCUT2D eigenvalue weighted by Crippen LogP contribution is -2.06. The normalized spacial score (nSPS) is 12.7. The van der Waals surface area contributed by atoms with Crippen LogP contribution in [-0.2, 0) is 0 Å². The van der Waals surface area contributed by atoms with Crippen LogP contribution in [0.4, 0.5) is 3.89 Å². The molecule has 0 aliphatic rings. The summed E-state index contributed by atoms with van der Waals surface area (Å²) in [5, 5.41) is 11.5. The highest BCUT2D eigenvalue weighted by atomic mass is 35.5. The number of imidazole rings is 1. The van der Waals surface area contributed by atoms with Gasteiger partial charge in [-0.05, 0) is 30.9 Å². The van der Waals surface area contributed by atoms with Crippen LogP contribution in [-0.4, -0.2) is 20.3 Å². The summed E-state index contributed by atoms with van der Waals surface area (Å²) in [6.45, 7) is 1.76. The Hall–Kier alpha value is -0.690. The fraction of sp³-hybridized carbons (Fsp3) is 0.250. The van der Waals surface area contributed by atoms with Gasteiger partial charge in [0.05, 0.1) is 5.69 Å². The summed E-state index contributed by atoms with van der Waals surface area (Å²) in [6, 6.07) is 6.82. The average molecular weight is 319 g/mol. The molecular weight excluding hydrogens is 307 g/mol. The lowest BCUT2D eigenvalue weighted by Gasteiger charge is -2.11. The zero-order chi connectivity index (χ0) is 14.0. The molecule has 1 heterocycles. The minimum absolute atomic E-state index is 0.0333. The molecule has 0 saturated heterocycles. The fourth-order valence-electron chi connectivity index (χ4n) is 1.77. The number of nitrogens with zero attached hydrogens (tertiary/aromatic N) is 2. The van der Waals surface area contributed by atoms with E-state index in [9.17, 15) is 8.99 Å². The van der Waals surface area contributed by atoms with Crippen molar-refractivity contribution in [1.29, 1.82) is 0 Å². The summed E-state index contributed by atoms with van der Waals surface area (Å²) in [7, 11) is 0. The van der Waals surface area contributed by atoms with E-state index in [4.69, 9.17) is 11.6 Å². The summed E-state index contributed by atoms with van der Waals surface area (Å²) in [4.78, 5) is 4.28. The molecule has 2 rings (SSSR count). The molecule has 1 aromatic heterocycles. The van der Waals surface area contributed by atoms with Gasteiger partial charge in [-0.1, -0.05) is 23.7 Å². The van der Waals surface area contributed by atoms with Crippen molar-refractivity contribution < 1.29 is 8.99 Å². The van der Waals surface area contributed by atoms with Crippen LogP contribution < -0.4 is 0 Å². The summed E-state index contributed by atoms with van der Waals surface area (Å²) >= 11 is 7.34. The highest BCUT2D eigenvalue weighted by molar-refractivity contribution is 7.98. The van der Waals surface area contributed by atoms with E-state index in [2.05, 4.69) is 4.98 Å². The highest BCUT2D eigenvalue weighted by Crippen LogP contribution is 2.31. The molecule has 2 aromatic rings. The van der Waals surface area contributed by atoms with Crippen molar-refractivity contribution in [3.05, 3.63) is 46.4 Å². The van der Waals surface area contributed by atoms with Gasteiger partial charge in [0.2, 0.25) is 0 Å². The van der Waals surface area contributed by atoms with Crippen molar-refractivity contribution in [2.45, 2.75) is 18.1 Å². The molecule has 1 aromatic carbocycles. The Balaban J connectivity index is 2.46. The van der Waals surface area contributed by atoms with Crippen molar-refractivity contribution in [3.63, 3.8) is 0 Å². The minimum atomic E-state index is -1.01. The van der Waals surface area contributed by atoms with Crippen molar-refractivity contribution in [2.75, 3.05) is 6.26 Å². The van der Waals surface area contributed by atoms with Crippen molar-refractivity contribution in [1.82, 2.24) is 8.96 Å². The molecule has 0 aliphatic heterocycles. The van der Waals surface area contributed by atoms with E-state index in [1.807, 2.05) is 6.26 Å². The molecule has 0 saturated carbocycles. The lowest BCUT2D eigenvalue weighted by molar-refractivity contribution is 0.209. The van der Waals surface area contributed by atoms with Gasteiger partial charge in [0, 0.05) is 5.02 Å². The Bertz CT molecular complexity index is 591. The number of hydrogen-bond acceptors (Lipinski definition) is 4. The van der Waals surface area contributed by atoms with Crippen LogP contribution in [0.1, 0.15) is 23.2 Å². The number of hydrogen-bond donors (Lipinski definition) is 1. The first-order chi connectivity index (χ1) is 9.08. The van der Waals surface area contributed by atoms with Crippen molar-refractivity contribution >= 4 is 35.7 Å². The van der Waals surface area contributed by atoms with Crippen LogP contribution in [0.25, 0.3) is 0 Å². The zero-order valence-electron chi connectivity index (χ0n) is 10.3. The monoisotopic (exact) mass is 318 g/mol. The minimum Gasteiger partial charge on any atom is -0.380 e. The molecule has 0 radical (unpaired) electrons. The average Bonchev–Trinajstić information content (AvgIpc) is 2.74. The molecule has 7 heteroatoms. The third-order valence-electron chi connectivity index (χ3n) is 2.71. The molecule has 0 aliphatic carbocycles. The molecule has 1 unspecified atom stereocenters. The first-order valence-corrected chi connectivity index (χ1v) is 7.72. The molecule has 0 bridgehead atoms. The molecular formula is C12H12ClFN2OS2. The summed E-state index contributed by atoms with van der Waals surface area (Å²) in [5.41, 5.74) is 1.26. The van der Waals surface area contributed by atoms with Gasteiger partial charge in [0.25, 0.3) is 0 Å². The highest BCUT2D eigenvalue weighted by Gasteiger charge is 2.22. The Morgan fingerprint density at radius 3 is 2.79 bits per heavy atom. The van der Waals surface area contributed by atoms with E-state index >= 15 is 0 Å². The first-order valence-electron chi connectivity index (χ1n) is 5.44. The van der Waals surface area contributed by atoms with E-state index in [-0.39, 0.29) is 18.2 Å². The number of aromatic nitrogens is 2. The SMILES string of the molecule is CSc1nc(C(O)c2cccc(Cl)c2)n(SF)c1C. The quantitative estimate of drug-likeness (QED) is 0.864. The van der Waals surface area contributed by atoms with E-state index < -0.39 is 6.10 Å². The molecule has 1 atom stereocenters. The van der Waals surface area contributed by atoms with E-state index in [0.717, 1.165) is 0 Å². The van der Waals surface area contributed by atoms with E-state index in [1.165, 1.54) is 15.7 Å². The summed E-state index contributed by atoms with van der Waals surface area (Å²) in [6.07, 6.45) is 0.847. The smallest absolute Gasteiger partial charge is 0.171 e. The Labute approximate surface area is 124 Å². The Morgan fingerprint density at radius 1 is 1.47 bits per heavy atom. The maximum atomic E-state index is 13.0. The largest absolute Gasteiger partial charge is 0.380 e. The van der Waals surface area contributed by atoms with Crippen LogP contribution >= 0.6 is 35.7 Å². The molecule has 3 nitrogen and oxygen atoms in total. The molecule has 0 amide bonds. The maximum Gasteiger partial charge on any atom is 0.171 e. The van der Waals surface area contributed by atoms with E-state index in [0.29, 0.717) is 21.3 Å². The predicted octanol–water partition coefficient (Wildman–Crippen LogP) is 4.03. The maximum absolute atomic E-state index is 13.0. The molecule has 102 valence electrons. The summed E-state index contributed by atoms with van der Waals surface area (Å²) < 4.78 is 14.3. The van der Waals surface area contributed by atoms with Gasteiger partial charge in [-0.15, -0.1) is 15.6 Å². The molecule has 1 N–H and O–H groups in total. The lowest BCUT2D eigenvalue weighted by atomic mass is 10.1. The van der Waals surface area contributed by atoms with Gasteiger partial charge in [-0.3, -0.25) is 0 Å². The van der Waals surface area contributed by atoms with Gasteiger partial charge < -0.3 is 5.11 Å². The topological polar surface area (TPSA) is 38.1 Å². The summed E-state index contributed by atoms with van der Waals surface area (Å²) in [5.74, 6) is 0.261. The fourth-order valence-corrected chi connectivity index (χ4v) is 3.00. The van der Waals surface area contributed by atoms with Gasteiger partial charge in [-0.2, -0.15) is 0 Å². The second kappa shape index (κ2) is 6.17. The third-order valence-corrected chi connectivity index (χ3v) is 4.32. The van der Waals surface area contributed by atoms with Crippen LogP contribution in [0, 0.1) is 6.92 Å². The van der Waals surface area contributed by atoms with E-state index in [1.54, 1.807) is 31.2 Å². The number of rotatable bonds is 4. The Morgan fingerprint density at radius 2 is 2.21 bits per heavy atom. The Kier molecular flexibility index (Phi) is 4.78. The van der Waals surface area contributed by atoms with Crippen LogP contribution in [0.5, 0.6) is 0 Å². The molecule has 0 fully saturated rings. The number of thioether (sulfide) groups is 1. The second-order valence-corrected chi connectivity index (χ2v) is 5.62. The van der Waals surface area contributed by atoms with Gasteiger partial charge in [-0.25, -0.2) is 8.96 Å². The third kappa shape index (κ3) is 2.91. The van der Waals surface area contributed by atoms with Gasteiger partial charge in [0.15, 0.2) is 18.2 Å². The van der Waals surface area contributed by atoms with Crippen LogP contribution in [0.3, 0.4) is 0 Å². The predicted molar refractivity (Wildman–Crippen MR) is 78.4 cm³/mol. The number of aliphatic hydroxyl groups is 1. The zero-order valence-corrected chi connectivity index (χ0v) is 12.7. The van der Waals surface area contributed by atoms with Crippen molar-refractivity contribution in [3.8, 4) is 0 Å². The number of halogens is 2.